The van der Waals surface area contributed by atoms with Gasteiger partial charge in [0.1, 0.15) is 0 Å². The highest BCUT2D eigenvalue weighted by atomic mass is 19.1. The van der Waals surface area contributed by atoms with Crippen molar-refractivity contribution in [2.75, 3.05) is 22.1 Å². The van der Waals surface area contributed by atoms with Crippen LogP contribution in [0.1, 0.15) is 17.0 Å². The molecule has 2 heterocycles. The van der Waals surface area contributed by atoms with Crippen LogP contribution in [0.5, 0.6) is 0 Å². The van der Waals surface area contributed by atoms with Gasteiger partial charge in [0.05, 0.1) is 22.8 Å². The predicted molar refractivity (Wildman–Crippen MR) is 115 cm³/mol. The lowest BCUT2D eigenvalue weighted by Gasteiger charge is -2.16. The zero-order valence-electron chi connectivity index (χ0n) is 17.0. The number of amides is 3. The number of halogens is 1. The van der Waals surface area contributed by atoms with E-state index in [2.05, 4.69) is 10.6 Å². The lowest BCUT2D eigenvalue weighted by atomic mass is 10.1. The van der Waals surface area contributed by atoms with Crippen LogP contribution in [0, 0.1) is 21.8 Å². The molecule has 0 bridgehead atoms. The summed E-state index contributed by atoms with van der Waals surface area (Å²) in [5.41, 5.74) is 0.362. The molecule has 1 aliphatic heterocycles. The number of nitro benzene ring substituents is 1. The minimum absolute atomic E-state index is 0.00470. The molecule has 33 heavy (non-hydrogen) atoms. The van der Waals surface area contributed by atoms with Crippen molar-refractivity contribution in [3.05, 3.63) is 82.6 Å². The van der Waals surface area contributed by atoms with Crippen molar-refractivity contribution in [2.24, 2.45) is 5.92 Å². The highest BCUT2D eigenvalue weighted by Gasteiger charge is 2.36. The van der Waals surface area contributed by atoms with Crippen LogP contribution < -0.4 is 15.5 Å². The number of nitro groups is 1. The van der Waals surface area contributed by atoms with Crippen molar-refractivity contribution in [1.82, 2.24) is 0 Å². The second-order valence-corrected chi connectivity index (χ2v) is 7.30. The Labute approximate surface area is 186 Å². The van der Waals surface area contributed by atoms with Crippen LogP contribution >= 0.6 is 0 Å². The number of carbonyl (C=O) groups is 3. The molecule has 1 aliphatic rings. The number of nitrogens with one attached hydrogen (secondary N) is 2. The van der Waals surface area contributed by atoms with Gasteiger partial charge in [-0.15, -0.1) is 0 Å². The number of rotatable bonds is 6. The number of nitrogens with zero attached hydrogens (tertiary/aromatic N) is 2. The minimum Gasteiger partial charge on any atom is -0.459 e. The topological polar surface area (TPSA) is 135 Å². The maximum Gasteiger partial charge on any atom is 0.306 e. The molecule has 168 valence electrons. The summed E-state index contributed by atoms with van der Waals surface area (Å²) in [4.78, 5) is 48.3. The van der Waals surface area contributed by atoms with Gasteiger partial charge in [-0.25, -0.2) is 0 Å². The van der Waals surface area contributed by atoms with Crippen molar-refractivity contribution in [1.29, 1.82) is 0 Å². The molecule has 10 nitrogen and oxygen atoms in total. The lowest BCUT2D eigenvalue weighted by Crippen LogP contribution is -2.28. The fourth-order valence-electron chi connectivity index (χ4n) is 3.42. The monoisotopic (exact) mass is 452 g/mol. The van der Waals surface area contributed by atoms with E-state index in [1.165, 1.54) is 23.3 Å². The van der Waals surface area contributed by atoms with Gasteiger partial charge in [-0.1, -0.05) is 0 Å². The summed E-state index contributed by atoms with van der Waals surface area (Å²) in [7, 11) is 0. The summed E-state index contributed by atoms with van der Waals surface area (Å²) in [6.07, 6.45) is 1.30. The van der Waals surface area contributed by atoms with Crippen LogP contribution in [0.4, 0.5) is 27.1 Å². The van der Waals surface area contributed by atoms with Gasteiger partial charge >= 0.3 is 5.69 Å². The van der Waals surface area contributed by atoms with Crippen molar-refractivity contribution >= 4 is 40.5 Å². The number of hydrogen-bond donors (Lipinski definition) is 2. The smallest absolute Gasteiger partial charge is 0.306 e. The van der Waals surface area contributed by atoms with Crippen LogP contribution in [-0.4, -0.2) is 29.2 Å². The molecule has 4 rings (SSSR count). The first-order chi connectivity index (χ1) is 15.8. The largest absolute Gasteiger partial charge is 0.459 e. The molecule has 11 heteroatoms. The molecule has 3 amide bonds. The number of anilines is 3. The molecule has 1 unspecified atom stereocenters. The summed E-state index contributed by atoms with van der Waals surface area (Å²) in [5.74, 6) is -2.76. The summed E-state index contributed by atoms with van der Waals surface area (Å²) >= 11 is 0. The third kappa shape index (κ3) is 4.71. The zero-order chi connectivity index (χ0) is 23.5. The Morgan fingerprint density at radius 1 is 1.09 bits per heavy atom. The Morgan fingerprint density at radius 2 is 1.79 bits per heavy atom. The highest BCUT2D eigenvalue weighted by Crippen LogP contribution is 2.30. The van der Waals surface area contributed by atoms with Gasteiger partial charge in [0.25, 0.3) is 5.91 Å². The Bertz CT molecular complexity index is 1230. The SMILES string of the molecule is O=C(Nc1ccc(NC(=O)C2CC(=O)N(c3ccc(F)c([N+](=O)[O-])c3)C2)cc1)c1ccco1. The molecule has 1 atom stereocenters. The molecule has 2 aromatic carbocycles. The maximum atomic E-state index is 13.6. The highest BCUT2D eigenvalue weighted by molar-refractivity contribution is 6.04. The van der Waals surface area contributed by atoms with Crippen molar-refractivity contribution < 1.29 is 28.1 Å². The van der Waals surface area contributed by atoms with Gasteiger partial charge in [0.15, 0.2) is 5.76 Å². The van der Waals surface area contributed by atoms with E-state index in [0.717, 1.165) is 12.1 Å². The van der Waals surface area contributed by atoms with E-state index in [4.69, 9.17) is 4.42 Å². The molecule has 1 aromatic heterocycles. The Balaban J connectivity index is 1.38. The normalized spacial score (nSPS) is 15.4. The van der Waals surface area contributed by atoms with E-state index in [1.807, 2.05) is 0 Å². The van der Waals surface area contributed by atoms with Crippen LogP contribution in [0.2, 0.25) is 0 Å². The second-order valence-electron chi connectivity index (χ2n) is 7.30. The summed E-state index contributed by atoms with van der Waals surface area (Å²) in [6.45, 7) is 0.00470. The minimum atomic E-state index is -1.01. The molecule has 1 fully saturated rings. The number of hydrogen-bond acceptors (Lipinski definition) is 6. The average Bonchev–Trinajstić information content (AvgIpc) is 3.45. The number of furan rings is 1. The first-order valence-electron chi connectivity index (χ1n) is 9.82. The third-order valence-electron chi connectivity index (χ3n) is 5.09. The van der Waals surface area contributed by atoms with E-state index < -0.39 is 40.1 Å². The average molecular weight is 452 g/mol. The van der Waals surface area contributed by atoms with E-state index in [0.29, 0.717) is 11.4 Å². The van der Waals surface area contributed by atoms with Crippen molar-refractivity contribution in [3.63, 3.8) is 0 Å². The number of benzene rings is 2. The van der Waals surface area contributed by atoms with Gasteiger partial charge in [-0.2, -0.15) is 4.39 Å². The quantitative estimate of drug-likeness (QED) is 0.434. The van der Waals surface area contributed by atoms with Gasteiger partial charge < -0.3 is 20.0 Å². The molecule has 0 spiro atoms. The molecular formula is C22H17FN4O6. The molecule has 2 N–H and O–H groups in total. The molecular weight excluding hydrogens is 435 g/mol. The van der Waals surface area contributed by atoms with Crippen molar-refractivity contribution in [2.45, 2.75) is 6.42 Å². The Morgan fingerprint density at radius 3 is 2.42 bits per heavy atom. The van der Waals surface area contributed by atoms with Crippen LogP contribution in [0.3, 0.4) is 0 Å². The first-order valence-corrected chi connectivity index (χ1v) is 9.82. The van der Waals surface area contributed by atoms with E-state index in [-0.39, 0.29) is 24.4 Å². The van der Waals surface area contributed by atoms with Gasteiger partial charge in [-0.3, -0.25) is 24.5 Å². The second kappa shape index (κ2) is 8.91. The van der Waals surface area contributed by atoms with E-state index in [9.17, 15) is 28.9 Å². The molecule has 0 aliphatic carbocycles. The van der Waals surface area contributed by atoms with Gasteiger partial charge in [-0.05, 0) is 48.5 Å². The van der Waals surface area contributed by atoms with Crippen LogP contribution in [-0.2, 0) is 9.59 Å². The van der Waals surface area contributed by atoms with Gasteiger partial charge in [0.2, 0.25) is 17.6 Å². The maximum absolute atomic E-state index is 13.6. The standard InChI is InChI=1S/C22H17FN4O6/c23-17-8-7-16(11-18(17)27(31)32)26-12-13(10-20(26)28)21(29)24-14-3-5-15(6-4-14)25-22(30)19-2-1-9-33-19/h1-9,11,13H,10,12H2,(H,24,29)(H,25,30). The molecule has 1 saturated heterocycles. The molecule has 3 aromatic rings. The van der Waals surface area contributed by atoms with Gasteiger partial charge in [0, 0.05) is 30.4 Å². The first kappa shape index (κ1) is 21.7. The van der Waals surface area contributed by atoms with Crippen LogP contribution in [0.15, 0.2) is 65.3 Å². The summed E-state index contributed by atoms with van der Waals surface area (Å²) < 4.78 is 18.6. The van der Waals surface area contributed by atoms with Crippen LogP contribution in [0.25, 0.3) is 0 Å². The molecule has 0 saturated carbocycles. The van der Waals surface area contributed by atoms with E-state index in [1.54, 1.807) is 30.3 Å². The predicted octanol–water partition coefficient (Wildman–Crippen LogP) is 3.57. The Kier molecular flexibility index (Phi) is 5.85. The fourth-order valence-corrected chi connectivity index (χ4v) is 3.42. The summed E-state index contributed by atoms with van der Waals surface area (Å²) in [6, 6.07) is 12.7. The van der Waals surface area contributed by atoms with E-state index >= 15 is 0 Å². The third-order valence-corrected chi connectivity index (χ3v) is 5.09. The van der Waals surface area contributed by atoms with Crippen molar-refractivity contribution in [3.8, 4) is 0 Å². The molecule has 0 radical (unpaired) electrons. The summed E-state index contributed by atoms with van der Waals surface area (Å²) in [5, 5.41) is 16.3. The zero-order valence-corrected chi connectivity index (χ0v) is 17.0. The lowest BCUT2D eigenvalue weighted by molar-refractivity contribution is -0.387. The Hall–Kier alpha value is -4.54. The number of carbonyl (C=O) groups excluding carboxylic acids is 3. The fraction of sp³-hybridized carbons (Fsp3) is 0.136.